The van der Waals surface area contributed by atoms with Gasteiger partial charge in [0.05, 0.1) is 0 Å². The average molecular weight is 382 g/mol. The van der Waals surface area contributed by atoms with Gasteiger partial charge in [-0.2, -0.15) is 0 Å². The first-order valence-corrected chi connectivity index (χ1v) is 12.2. The van der Waals surface area contributed by atoms with Gasteiger partial charge < -0.3 is 18.2 Å². The van der Waals surface area contributed by atoms with Crippen LogP contribution in [0.5, 0.6) is 0 Å². The van der Waals surface area contributed by atoms with E-state index in [0.717, 1.165) is 24.9 Å². The maximum Gasteiger partial charge on any atom is 0.501 e. The molecule has 5 nitrogen and oxygen atoms in total. The molecular weight excluding hydrogens is 344 g/mol. The lowest BCUT2D eigenvalue weighted by Gasteiger charge is -2.31. The summed E-state index contributed by atoms with van der Waals surface area (Å²) in [5.74, 6) is 0.866. The molecular formula is C20H37N2O3Si+. The Morgan fingerprint density at radius 3 is 2.04 bits per heavy atom. The topological polar surface area (TPSA) is 34.8 Å². The third-order valence-corrected chi connectivity index (χ3v) is 8.17. The third-order valence-electron chi connectivity index (χ3n) is 5.01. The molecule has 0 saturated carbocycles. The Labute approximate surface area is 160 Å². The number of aryl methyl sites for hydroxylation is 1. The van der Waals surface area contributed by atoms with Gasteiger partial charge in [-0.1, -0.05) is 6.92 Å². The summed E-state index contributed by atoms with van der Waals surface area (Å²) in [6, 6.07) is 5.35. The molecule has 0 unspecified atom stereocenters. The maximum absolute atomic E-state index is 5.93. The molecule has 6 heteroatoms. The fraction of sp³-hybridized carbons (Fsp3) is 0.750. The number of hydrogen-bond donors (Lipinski definition) is 0. The van der Waals surface area contributed by atoms with E-state index in [4.69, 9.17) is 13.3 Å². The number of anilines is 1. The summed E-state index contributed by atoms with van der Waals surface area (Å²) in [5, 5.41) is 0. The van der Waals surface area contributed by atoms with Crippen LogP contribution in [-0.4, -0.2) is 41.7 Å². The second kappa shape index (κ2) is 11.0. The Morgan fingerprint density at radius 2 is 1.54 bits per heavy atom. The normalized spacial score (nSPS) is 16.2. The summed E-state index contributed by atoms with van der Waals surface area (Å²) in [6.07, 6.45) is 7.98. The average Bonchev–Trinajstić information content (AvgIpc) is 2.64. The number of hydrogen-bond acceptors (Lipinski definition) is 4. The van der Waals surface area contributed by atoms with Gasteiger partial charge in [-0.25, -0.2) is 4.57 Å². The predicted octanol–water partition coefficient (Wildman–Crippen LogP) is 3.65. The van der Waals surface area contributed by atoms with Crippen LogP contribution in [-0.2, 0) is 19.8 Å². The molecule has 0 spiro atoms. The van der Waals surface area contributed by atoms with Crippen LogP contribution in [0.1, 0.15) is 47.0 Å². The summed E-state index contributed by atoms with van der Waals surface area (Å²) in [4.78, 5) is 2.50. The first-order valence-electron chi connectivity index (χ1n) is 10.3. The molecule has 0 radical (unpaired) electrons. The van der Waals surface area contributed by atoms with Crippen molar-refractivity contribution < 1.29 is 17.8 Å². The van der Waals surface area contributed by atoms with Gasteiger partial charge in [0.1, 0.15) is 6.54 Å². The zero-order chi connectivity index (χ0) is 18.8. The molecule has 148 valence electrons. The second-order valence-corrected chi connectivity index (χ2v) is 9.78. The van der Waals surface area contributed by atoms with Gasteiger partial charge in [-0.3, -0.25) is 0 Å². The van der Waals surface area contributed by atoms with Crippen LogP contribution in [0, 0.1) is 5.92 Å². The second-order valence-electron chi connectivity index (χ2n) is 7.05. The number of nitrogens with zero attached hydrogens (tertiary/aromatic N) is 2. The van der Waals surface area contributed by atoms with Crippen molar-refractivity contribution in [1.29, 1.82) is 0 Å². The van der Waals surface area contributed by atoms with Gasteiger partial charge in [0.2, 0.25) is 0 Å². The molecule has 1 aliphatic rings. The predicted molar refractivity (Wildman–Crippen MR) is 107 cm³/mol. The van der Waals surface area contributed by atoms with E-state index >= 15 is 0 Å². The Kier molecular flexibility index (Phi) is 9.05. The summed E-state index contributed by atoms with van der Waals surface area (Å²) in [6.45, 7) is 13.6. The largest absolute Gasteiger partial charge is 0.501 e. The van der Waals surface area contributed by atoms with E-state index in [0.29, 0.717) is 19.8 Å². The van der Waals surface area contributed by atoms with E-state index in [9.17, 15) is 0 Å². The molecule has 1 aliphatic heterocycles. The summed E-state index contributed by atoms with van der Waals surface area (Å²) < 4.78 is 20.1. The lowest BCUT2D eigenvalue weighted by molar-refractivity contribution is -0.696. The highest BCUT2D eigenvalue weighted by molar-refractivity contribution is 6.60. The molecule has 26 heavy (non-hydrogen) atoms. The number of aromatic nitrogens is 1. The van der Waals surface area contributed by atoms with Crippen molar-refractivity contribution >= 4 is 14.5 Å². The van der Waals surface area contributed by atoms with Crippen molar-refractivity contribution in [3.05, 3.63) is 24.5 Å². The van der Waals surface area contributed by atoms with Crippen molar-refractivity contribution in [2.75, 3.05) is 37.8 Å². The zero-order valence-corrected chi connectivity index (χ0v) is 18.1. The van der Waals surface area contributed by atoms with Gasteiger partial charge in [-0.05, 0) is 39.5 Å². The molecule has 1 aromatic heterocycles. The van der Waals surface area contributed by atoms with Gasteiger partial charge in [-0.15, -0.1) is 0 Å². The summed E-state index contributed by atoms with van der Waals surface area (Å²) >= 11 is 0. The molecule has 0 atom stereocenters. The highest BCUT2D eigenvalue weighted by Gasteiger charge is 2.40. The molecule has 1 saturated heterocycles. The molecule has 1 fully saturated rings. The Morgan fingerprint density at radius 1 is 1.00 bits per heavy atom. The standard InChI is InChI=1S/C20H37N2O3Si/c1-5-23-26(24-6-2,25-7-3)18-8-13-21-14-11-20(12-15-21)22-16-9-19(4)10-17-22/h11-12,14-15,19H,5-10,13,16-18H2,1-4H3/q+1. The molecule has 1 aromatic rings. The molecule has 0 aromatic carbocycles. The summed E-state index contributed by atoms with van der Waals surface area (Å²) in [7, 11) is -2.52. The Bertz CT molecular complexity index is 487. The van der Waals surface area contributed by atoms with Crippen LogP contribution in [0.25, 0.3) is 0 Å². The SMILES string of the molecule is CCO[Si](CCC[n+]1ccc(N2CCC(C)CC2)cc1)(OCC)OCC. The van der Waals surface area contributed by atoms with Crippen molar-refractivity contribution in [2.24, 2.45) is 5.92 Å². The maximum atomic E-state index is 5.93. The molecule has 0 N–H and O–H groups in total. The molecule has 2 heterocycles. The number of piperidine rings is 1. The monoisotopic (exact) mass is 381 g/mol. The minimum Gasteiger partial charge on any atom is -0.374 e. The van der Waals surface area contributed by atoms with Gasteiger partial charge >= 0.3 is 8.80 Å². The minimum absolute atomic E-state index is 0.641. The van der Waals surface area contributed by atoms with Crippen LogP contribution >= 0.6 is 0 Å². The van der Waals surface area contributed by atoms with Gasteiger partial charge in [0, 0.05) is 63.2 Å². The first kappa shape index (κ1) is 21.3. The van der Waals surface area contributed by atoms with E-state index < -0.39 is 8.80 Å². The first-order chi connectivity index (χ1) is 12.6. The van der Waals surface area contributed by atoms with Crippen molar-refractivity contribution in [3.8, 4) is 0 Å². The molecule has 0 bridgehead atoms. The third kappa shape index (κ3) is 6.34. The fourth-order valence-corrected chi connectivity index (χ4v) is 6.15. The highest BCUT2D eigenvalue weighted by Crippen LogP contribution is 2.22. The number of pyridine rings is 1. The van der Waals surface area contributed by atoms with Crippen LogP contribution in [0.3, 0.4) is 0 Å². The van der Waals surface area contributed by atoms with Crippen LogP contribution in [0.2, 0.25) is 6.04 Å². The lowest BCUT2D eigenvalue weighted by atomic mass is 9.99. The van der Waals surface area contributed by atoms with E-state index in [1.54, 1.807) is 0 Å². The van der Waals surface area contributed by atoms with E-state index in [-0.39, 0.29) is 0 Å². The van der Waals surface area contributed by atoms with Crippen LogP contribution in [0.15, 0.2) is 24.5 Å². The van der Waals surface area contributed by atoms with E-state index in [1.807, 2.05) is 20.8 Å². The Hall–Kier alpha value is -0.953. The van der Waals surface area contributed by atoms with E-state index in [2.05, 4.69) is 40.9 Å². The molecule has 0 amide bonds. The minimum atomic E-state index is -2.52. The van der Waals surface area contributed by atoms with Crippen molar-refractivity contribution in [3.63, 3.8) is 0 Å². The quantitative estimate of drug-likeness (QED) is 0.433. The highest BCUT2D eigenvalue weighted by atomic mass is 28.4. The van der Waals surface area contributed by atoms with Gasteiger partial charge in [0.25, 0.3) is 0 Å². The molecule has 2 rings (SSSR count). The lowest BCUT2D eigenvalue weighted by Crippen LogP contribution is -2.47. The van der Waals surface area contributed by atoms with E-state index in [1.165, 1.54) is 31.6 Å². The zero-order valence-electron chi connectivity index (χ0n) is 17.1. The van der Waals surface area contributed by atoms with Crippen LogP contribution in [0.4, 0.5) is 5.69 Å². The van der Waals surface area contributed by atoms with Crippen LogP contribution < -0.4 is 9.47 Å². The van der Waals surface area contributed by atoms with Crippen molar-refractivity contribution in [2.45, 2.75) is 59.5 Å². The fourth-order valence-electron chi connectivity index (χ4n) is 3.56. The Balaban J connectivity index is 1.86. The smallest absolute Gasteiger partial charge is 0.374 e. The van der Waals surface area contributed by atoms with Gasteiger partial charge in [0.15, 0.2) is 12.4 Å². The number of rotatable bonds is 11. The summed E-state index contributed by atoms with van der Waals surface area (Å²) in [5.41, 5.74) is 1.34. The molecule has 0 aliphatic carbocycles. The van der Waals surface area contributed by atoms with Crippen molar-refractivity contribution in [1.82, 2.24) is 0 Å².